The van der Waals surface area contributed by atoms with Crippen LogP contribution in [-0.2, 0) is 11.2 Å². The fourth-order valence-corrected chi connectivity index (χ4v) is 7.47. The van der Waals surface area contributed by atoms with E-state index in [4.69, 9.17) is 0 Å². The molecule has 1 amide bonds. The summed E-state index contributed by atoms with van der Waals surface area (Å²) in [6.07, 6.45) is 2.44. The van der Waals surface area contributed by atoms with E-state index in [9.17, 15) is 9.90 Å². The van der Waals surface area contributed by atoms with Crippen molar-refractivity contribution in [3.63, 3.8) is 0 Å². The number of fused-ring (bicyclic) bond motifs is 1. The van der Waals surface area contributed by atoms with E-state index in [1.807, 2.05) is 23.6 Å². The maximum atomic E-state index is 12.4. The molecule has 4 rings (SSSR count). The number of allylic oxidation sites excluding steroid dienone is 1. The number of carbonyl (C=O) groups excluding carboxylic acids is 1. The number of aliphatic hydroxyl groups excluding tert-OH is 1. The number of benzene rings is 1. The first-order chi connectivity index (χ1) is 13.1. The van der Waals surface area contributed by atoms with Crippen molar-refractivity contribution in [2.24, 2.45) is 5.92 Å². The summed E-state index contributed by atoms with van der Waals surface area (Å²) in [7, 11) is 0. The van der Waals surface area contributed by atoms with Gasteiger partial charge in [0.1, 0.15) is 5.37 Å². The molecule has 4 nitrogen and oxygen atoms in total. The molecule has 1 aromatic rings. The van der Waals surface area contributed by atoms with Gasteiger partial charge in [0.2, 0.25) is 5.91 Å². The molecule has 2 saturated heterocycles. The van der Waals surface area contributed by atoms with Crippen LogP contribution in [0.4, 0.5) is 0 Å². The van der Waals surface area contributed by atoms with Crippen molar-refractivity contribution in [3.8, 4) is 0 Å². The molecule has 0 radical (unpaired) electrons. The molecular formula is C21H28N2O2S2. The Labute approximate surface area is 170 Å². The second kappa shape index (κ2) is 8.19. The Hall–Kier alpha value is -0.950. The summed E-state index contributed by atoms with van der Waals surface area (Å²) in [4.78, 5) is 16.9. The van der Waals surface area contributed by atoms with Crippen LogP contribution in [0.15, 0.2) is 40.3 Å². The average molecular weight is 405 g/mol. The first kappa shape index (κ1) is 19.4. The van der Waals surface area contributed by atoms with Gasteiger partial charge in [0, 0.05) is 24.0 Å². The number of nitrogens with zero attached hydrogens (tertiary/aromatic N) is 2. The minimum Gasteiger partial charge on any atom is -0.392 e. The lowest BCUT2D eigenvalue weighted by molar-refractivity contribution is -0.153. The number of aliphatic hydroxyl groups is 1. The first-order valence-corrected chi connectivity index (χ1v) is 11.7. The van der Waals surface area contributed by atoms with Crippen molar-refractivity contribution in [1.82, 2.24) is 9.80 Å². The summed E-state index contributed by atoms with van der Waals surface area (Å²) in [6, 6.07) is 10.7. The van der Waals surface area contributed by atoms with Gasteiger partial charge in [-0.15, -0.1) is 11.8 Å². The van der Waals surface area contributed by atoms with Crippen LogP contribution in [0, 0.1) is 5.92 Å². The molecule has 0 saturated carbocycles. The van der Waals surface area contributed by atoms with E-state index >= 15 is 0 Å². The van der Waals surface area contributed by atoms with Crippen LogP contribution in [0.2, 0.25) is 0 Å². The standard InChI is InChI=1S/C21H28N2O2S2/c1-3-17(24)18-19(25)23-14(2)21(27-20(18)23)26-16-10-12-22(13-16)11-9-15-7-5-4-6-8-15/h4-8,16-18,20,24H,3,9-13H2,1-2H3/t16-,17-,18+,20+/m0/s1. The molecule has 3 aliphatic rings. The Kier molecular flexibility index (Phi) is 5.88. The molecule has 4 atom stereocenters. The molecular weight excluding hydrogens is 376 g/mol. The highest BCUT2D eigenvalue weighted by Gasteiger charge is 2.55. The molecule has 0 aliphatic carbocycles. The summed E-state index contributed by atoms with van der Waals surface area (Å²) in [5.74, 6) is -0.121. The zero-order valence-electron chi connectivity index (χ0n) is 16.0. The molecule has 2 fully saturated rings. The summed E-state index contributed by atoms with van der Waals surface area (Å²) in [5, 5.41) is 10.9. The van der Waals surface area contributed by atoms with Gasteiger partial charge in [-0.1, -0.05) is 49.0 Å². The van der Waals surface area contributed by atoms with Gasteiger partial charge in [-0.2, -0.15) is 0 Å². The zero-order chi connectivity index (χ0) is 19.0. The highest BCUT2D eigenvalue weighted by molar-refractivity contribution is 8.23. The molecule has 6 heteroatoms. The minimum atomic E-state index is -0.511. The number of thioether (sulfide) groups is 2. The zero-order valence-corrected chi connectivity index (χ0v) is 17.6. The lowest BCUT2D eigenvalue weighted by Crippen LogP contribution is -2.60. The lowest BCUT2D eigenvalue weighted by atomic mass is 9.90. The number of rotatable bonds is 7. The predicted molar refractivity (Wildman–Crippen MR) is 113 cm³/mol. The average Bonchev–Trinajstić information content (AvgIpc) is 3.23. The number of amides is 1. The number of hydrogen-bond donors (Lipinski definition) is 1. The van der Waals surface area contributed by atoms with Crippen molar-refractivity contribution in [2.45, 2.75) is 49.8 Å². The third-order valence-corrected chi connectivity index (χ3v) is 8.92. The largest absolute Gasteiger partial charge is 0.392 e. The molecule has 3 heterocycles. The molecule has 27 heavy (non-hydrogen) atoms. The summed E-state index contributed by atoms with van der Waals surface area (Å²) in [5.41, 5.74) is 2.50. The van der Waals surface area contributed by atoms with Crippen molar-refractivity contribution in [1.29, 1.82) is 0 Å². The van der Waals surface area contributed by atoms with E-state index in [2.05, 4.69) is 42.2 Å². The van der Waals surface area contributed by atoms with Crippen LogP contribution >= 0.6 is 23.5 Å². The lowest BCUT2D eigenvalue weighted by Gasteiger charge is -2.44. The van der Waals surface area contributed by atoms with Crippen molar-refractivity contribution < 1.29 is 9.90 Å². The molecule has 0 unspecified atom stereocenters. The van der Waals surface area contributed by atoms with Crippen LogP contribution < -0.4 is 0 Å². The monoisotopic (exact) mass is 404 g/mol. The third kappa shape index (κ3) is 3.82. The smallest absolute Gasteiger partial charge is 0.236 e. The number of likely N-dealkylation sites (tertiary alicyclic amines) is 1. The summed E-state index contributed by atoms with van der Waals surface area (Å²) >= 11 is 3.74. The Morgan fingerprint density at radius 1 is 1.33 bits per heavy atom. The maximum Gasteiger partial charge on any atom is 0.236 e. The van der Waals surface area contributed by atoms with E-state index in [1.54, 1.807) is 11.8 Å². The second-order valence-electron chi connectivity index (χ2n) is 7.66. The Morgan fingerprint density at radius 3 is 2.85 bits per heavy atom. The van der Waals surface area contributed by atoms with E-state index in [0.29, 0.717) is 11.7 Å². The Morgan fingerprint density at radius 2 is 2.11 bits per heavy atom. The van der Waals surface area contributed by atoms with Crippen molar-refractivity contribution in [3.05, 3.63) is 45.8 Å². The maximum absolute atomic E-state index is 12.4. The SMILES string of the molecule is CC[C@H](O)[C@@H]1C(=O)N2C(C)=C(S[C@H]3CCN(CCc4ccccc4)C3)S[C@H]12. The van der Waals surface area contributed by atoms with Gasteiger partial charge in [0.15, 0.2) is 0 Å². The normalized spacial score (nSPS) is 29.2. The van der Waals surface area contributed by atoms with Gasteiger partial charge in [-0.05, 0) is 38.3 Å². The van der Waals surface area contributed by atoms with Crippen LogP contribution in [0.3, 0.4) is 0 Å². The predicted octanol–water partition coefficient (Wildman–Crippen LogP) is 3.53. The highest BCUT2D eigenvalue weighted by Crippen LogP contribution is 2.55. The van der Waals surface area contributed by atoms with Crippen LogP contribution in [0.1, 0.15) is 32.3 Å². The molecule has 1 aromatic carbocycles. The van der Waals surface area contributed by atoms with Gasteiger partial charge in [0.25, 0.3) is 0 Å². The van der Waals surface area contributed by atoms with Crippen molar-refractivity contribution in [2.75, 3.05) is 19.6 Å². The van der Waals surface area contributed by atoms with E-state index < -0.39 is 6.10 Å². The van der Waals surface area contributed by atoms with Gasteiger partial charge in [0.05, 0.1) is 16.3 Å². The topological polar surface area (TPSA) is 43.8 Å². The molecule has 0 aromatic heterocycles. The third-order valence-electron chi connectivity index (χ3n) is 5.86. The number of β-lactam (4-membered cyclic amide) rings is 1. The van der Waals surface area contributed by atoms with E-state index in [1.165, 1.54) is 16.2 Å². The van der Waals surface area contributed by atoms with Gasteiger partial charge in [-0.25, -0.2) is 0 Å². The van der Waals surface area contributed by atoms with Crippen LogP contribution in [0.5, 0.6) is 0 Å². The van der Waals surface area contributed by atoms with Gasteiger partial charge in [-0.3, -0.25) is 4.79 Å². The Balaban J connectivity index is 1.29. The molecule has 0 bridgehead atoms. The Bertz CT molecular complexity index is 724. The summed E-state index contributed by atoms with van der Waals surface area (Å²) < 4.78 is 1.29. The van der Waals surface area contributed by atoms with E-state index in [0.717, 1.165) is 31.8 Å². The molecule has 146 valence electrons. The molecule has 1 N–H and O–H groups in total. The minimum absolute atomic E-state index is 0.103. The molecule has 3 aliphatic heterocycles. The van der Waals surface area contributed by atoms with Crippen molar-refractivity contribution >= 4 is 29.4 Å². The summed E-state index contributed by atoms with van der Waals surface area (Å²) in [6.45, 7) is 7.39. The fourth-order valence-electron chi connectivity index (χ4n) is 4.16. The van der Waals surface area contributed by atoms with Crippen LogP contribution in [0.25, 0.3) is 0 Å². The van der Waals surface area contributed by atoms with E-state index in [-0.39, 0.29) is 17.2 Å². The molecule has 0 spiro atoms. The second-order valence-corrected chi connectivity index (χ2v) is 10.4. The van der Waals surface area contributed by atoms with Gasteiger partial charge >= 0.3 is 0 Å². The van der Waals surface area contributed by atoms with Crippen LogP contribution in [-0.4, -0.2) is 57.2 Å². The van der Waals surface area contributed by atoms with Gasteiger partial charge < -0.3 is 14.9 Å². The highest BCUT2D eigenvalue weighted by atomic mass is 32.2. The fraction of sp³-hybridized carbons (Fsp3) is 0.571. The number of hydrogen-bond acceptors (Lipinski definition) is 5. The first-order valence-electron chi connectivity index (χ1n) is 9.90. The number of carbonyl (C=O) groups is 1. The quantitative estimate of drug-likeness (QED) is 0.705.